The SMILES string of the molecule is COc1ccc([C@@H](C)[NH2+]Cc2ccncc2)cc1. The van der Waals surface area contributed by atoms with Crippen molar-refractivity contribution in [2.45, 2.75) is 19.5 Å². The van der Waals surface area contributed by atoms with E-state index in [1.54, 1.807) is 7.11 Å². The lowest BCUT2D eigenvalue weighted by atomic mass is 10.1. The molecular formula is C15H19N2O+. The van der Waals surface area contributed by atoms with Crippen LogP contribution in [0.3, 0.4) is 0 Å². The Morgan fingerprint density at radius 3 is 2.39 bits per heavy atom. The third-order valence-corrected chi connectivity index (χ3v) is 3.10. The minimum atomic E-state index is 0.434. The molecule has 0 aliphatic carbocycles. The lowest BCUT2D eigenvalue weighted by Gasteiger charge is -2.11. The van der Waals surface area contributed by atoms with Crippen molar-refractivity contribution in [2.75, 3.05) is 7.11 Å². The molecule has 0 spiro atoms. The molecule has 1 aromatic carbocycles. The van der Waals surface area contributed by atoms with E-state index in [-0.39, 0.29) is 0 Å². The summed E-state index contributed by atoms with van der Waals surface area (Å²) in [5, 5.41) is 2.32. The molecular weight excluding hydrogens is 224 g/mol. The van der Waals surface area contributed by atoms with Gasteiger partial charge in [-0.2, -0.15) is 0 Å². The minimum absolute atomic E-state index is 0.434. The van der Waals surface area contributed by atoms with Crippen molar-refractivity contribution >= 4 is 0 Å². The van der Waals surface area contributed by atoms with Crippen LogP contribution in [0.15, 0.2) is 48.8 Å². The van der Waals surface area contributed by atoms with Crippen LogP contribution in [-0.4, -0.2) is 12.1 Å². The van der Waals surface area contributed by atoms with Gasteiger partial charge in [0.2, 0.25) is 0 Å². The highest BCUT2D eigenvalue weighted by atomic mass is 16.5. The summed E-state index contributed by atoms with van der Waals surface area (Å²) in [5.74, 6) is 0.903. The van der Waals surface area contributed by atoms with Crippen molar-refractivity contribution in [3.05, 3.63) is 59.9 Å². The minimum Gasteiger partial charge on any atom is -0.497 e. The summed E-state index contributed by atoms with van der Waals surface area (Å²) in [6, 6.07) is 12.8. The maximum atomic E-state index is 5.16. The van der Waals surface area contributed by atoms with E-state index in [0.29, 0.717) is 6.04 Å². The van der Waals surface area contributed by atoms with Crippen molar-refractivity contribution in [1.82, 2.24) is 4.98 Å². The Balaban J connectivity index is 1.93. The second-order valence-electron chi connectivity index (χ2n) is 4.36. The summed E-state index contributed by atoms with van der Waals surface area (Å²) < 4.78 is 5.16. The molecule has 2 N–H and O–H groups in total. The van der Waals surface area contributed by atoms with Crippen LogP contribution in [0.5, 0.6) is 5.75 Å². The smallest absolute Gasteiger partial charge is 0.118 e. The van der Waals surface area contributed by atoms with Gasteiger partial charge in [-0.05, 0) is 43.3 Å². The monoisotopic (exact) mass is 243 g/mol. The molecule has 0 saturated carbocycles. The zero-order chi connectivity index (χ0) is 12.8. The first-order chi connectivity index (χ1) is 8.79. The van der Waals surface area contributed by atoms with Crippen LogP contribution < -0.4 is 10.1 Å². The lowest BCUT2D eigenvalue weighted by molar-refractivity contribution is -0.707. The molecule has 0 unspecified atom stereocenters. The first-order valence-electron chi connectivity index (χ1n) is 6.16. The predicted octanol–water partition coefficient (Wildman–Crippen LogP) is 1.91. The first-order valence-corrected chi connectivity index (χ1v) is 6.16. The number of pyridine rings is 1. The second-order valence-corrected chi connectivity index (χ2v) is 4.36. The van der Waals surface area contributed by atoms with Gasteiger partial charge in [0.15, 0.2) is 0 Å². The summed E-state index contributed by atoms with van der Waals surface area (Å²) >= 11 is 0. The van der Waals surface area contributed by atoms with Gasteiger partial charge in [-0.25, -0.2) is 0 Å². The number of benzene rings is 1. The summed E-state index contributed by atoms with van der Waals surface area (Å²) in [5.41, 5.74) is 2.61. The normalized spacial score (nSPS) is 12.1. The number of hydrogen-bond donors (Lipinski definition) is 1. The zero-order valence-corrected chi connectivity index (χ0v) is 10.8. The number of nitrogens with two attached hydrogens (primary N) is 1. The lowest BCUT2D eigenvalue weighted by Crippen LogP contribution is -2.83. The van der Waals surface area contributed by atoms with Crippen molar-refractivity contribution < 1.29 is 10.1 Å². The number of rotatable bonds is 5. The quantitative estimate of drug-likeness (QED) is 0.871. The average molecular weight is 243 g/mol. The number of aromatic nitrogens is 1. The van der Waals surface area contributed by atoms with E-state index in [1.807, 2.05) is 24.5 Å². The number of hydrogen-bond acceptors (Lipinski definition) is 2. The molecule has 0 bridgehead atoms. The third-order valence-electron chi connectivity index (χ3n) is 3.10. The highest BCUT2D eigenvalue weighted by molar-refractivity contribution is 5.28. The predicted molar refractivity (Wildman–Crippen MR) is 71.3 cm³/mol. The van der Waals surface area contributed by atoms with Crippen LogP contribution in [0.1, 0.15) is 24.1 Å². The highest BCUT2D eigenvalue weighted by Gasteiger charge is 2.08. The average Bonchev–Trinajstić information content (AvgIpc) is 2.46. The Bertz CT molecular complexity index is 468. The van der Waals surface area contributed by atoms with E-state index in [0.717, 1.165) is 12.3 Å². The molecule has 94 valence electrons. The molecule has 3 heteroatoms. The van der Waals surface area contributed by atoms with Crippen molar-refractivity contribution in [3.63, 3.8) is 0 Å². The van der Waals surface area contributed by atoms with E-state index in [2.05, 4.69) is 41.5 Å². The summed E-state index contributed by atoms with van der Waals surface area (Å²) in [6.07, 6.45) is 3.67. The second kappa shape index (κ2) is 6.17. The van der Waals surface area contributed by atoms with Gasteiger partial charge in [-0.3, -0.25) is 4.98 Å². The van der Waals surface area contributed by atoms with Crippen LogP contribution in [0.25, 0.3) is 0 Å². The van der Waals surface area contributed by atoms with Gasteiger partial charge in [0.05, 0.1) is 7.11 Å². The molecule has 2 aromatic rings. The van der Waals surface area contributed by atoms with E-state index < -0.39 is 0 Å². The molecule has 18 heavy (non-hydrogen) atoms. The van der Waals surface area contributed by atoms with Gasteiger partial charge >= 0.3 is 0 Å². The number of methoxy groups -OCH3 is 1. The number of ether oxygens (including phenoxy) is 1. The molecule has 1 heterocycles. The molecule has 0 fully saturated rings. The van der Waals surface area contributed by atoms with Crippen LogP contribution in [0.2, 0.25) is 0 Å². The summed E-state index contributed by atoms with van der Waals surface area (Å²) in [7, 11) is 1.69. The topological polar surface area (TPSA) is 38.7 Å². The highest BCUT2D eigenvalue weighted by Crippen LogP contribution is 2.14. The van der Waals surface area contributed by atoms with Crippen molar-refractivity contribution in [2.24, 2.45) is 0 Å². The van der Waals surface area contributed by atoms with Gasteiger partial charge < -0.3 is 10.1 Å². The summed E-state index contributed by atoms with van der Waals surface area (Å²) in [4.78, 5) is 4.02. The molecule has 1 aromatic heterocycles. The fraction of sp³-hybridized carbons (Fsp3) is 0.267. The maximum Gasteiger partial charge on any atom is 0.118 e. The van der Waals surface area contributed by atoms with Gasteiger partial charge in [0.25, 0.3) is 0 Å². The van der Waals surface area contributed by atoms with E-state index in [1.165, 1.54) is 11.1 Å². The molecule has 0 aliphatic heterocycles. The first kappa shape index (κ1) is 12.6. The Hall–Kier alpha value is -1.87. The van der Waals surface area contributed by atoms with Gasteiger partial charge in [0, 0.05) is 23.5 Å². The number of quaternary nitrogens is 1. The molecule has 2 rings (SSSR count). The van der Waals surface area contributed by atoms with Crippen LogP contribution >= 0.6 is 0 Å². The van der Waals surface area contributed by atoms with Gasteiger partial charge in [0.1, 0.15) is 18.3 Å². The van der Waals surface area contributed by atoms with Crippen LogP contribution in [0, 0.1) is 0 Å². The molecule has 0 saturated heterocycles. The zero-order valence-electron chi connectivity index (χ0n) is 10.8. The fourth-order valence-corrected chi connectivity index (χ4v) is 1.88. The molecule has 0 aliphatic rings. The Labute approximate surface area is 108 Å². The molecule has 3 nitrogen and oxygen atoms in total. The Kier molecular flexibility index (Phi) is 4.31. The fourth-order valence-electron chi connectivity index (χ4n) is 1.88. The third kappa shape index (κ3) is 3.31. The molecule has 0 amide bonds. The van der Waals surface area contributed by atoms with Gasteiger partial charge in [-0.15, -0.1) is 0 Å². The molecule has 1 atom stereocenters. The van der Waals surface area contributed by atoms with E-state index >= 15 is 0 Å². The van der Waals surface area contributed by atoms with E-state index in [4.69, 9.17) is 4.74 Å². The summed E-state index contributed by atoms with van der Waals surface area (Å²) in [6.45, 7) is 3.18. The van der Waals surface area contributed by atoms with Crippen molar-refractivity contribution in [3.8, 4) is 5.75 Å². The van der Waals surface area contributed by atoms with Crippen molar-refractivity contribution in [1.29, 1.82) is 0 Å². The maximum absolute atomic E-state index is 5.16. The van der Waals surface area contributed by atoms with Gasteiger partial charge in [-0.1, -0.05) is 0 Å². The standard InChI is InChI=1S/C15H18N2O/c1-12(14-3-5-15(18-2)6-4-14)17-11-13-7-9-16-10-8-13/h3-10,12,17H,11H2,1-2H3/p+1/t12-/m1/s1. The van der Waals surface area contributed by atoms with Crippen LogP contribution in [-0.2, 0) is 6.54 Å². The number of nitrogens with zero attached hydrogens (tertiary/aromatic N) is 1. The molecule has 0 radical (unpaired) electrons. The largest absolute Gasteiger partial charge is 0.497 e. The van der Waals surface area contributed by atoms with Crippen LogP contribution in [0.4, 0.5) is 0 Å². The van der Waals surface area contributed by atoms with E-state index in [9.17, 15) is 0 Å². The Morgan fingerprint density at radius 2 is 1.78 bits per heavy atom. The Morgan fingerprint density at radius 1 is 1.11 bits per heavy atom.